The molecule has 1 unspecified atom stereocenters. The minimum absolute atomic E-state index is 0.230. The van der Waals surface area contributed by atoms with Gasteiger partial charge >= 0.3 is 0 Å². The Labute approximate surface area is 97.9 Å². The van der Waals surface area contributed by atoms with E-state index in [0.717, 1.165) is 31.5 Å². The van der Waals surface area contributed by atoms with Crippen molar-refractivity contribution in [2.45, 2.75) is 39.0 Å². The number of rotatable bonds is 7. The van der Waals surface area contributed by atoms with Gasteiger partial charge in [-0.05, 0) is 18.4 Å². The minimum Gasteiger partial charge on any atom is -0.311 e. The first-order chi connectivity index (χ1) is 6.65. The molecule has 1 atom stereocenters. The molecule has 0 saturated heterocycles. The molecule has 0 saturated carbocycles. The first-order valence-corrected chi connectivity index (χ1v) is 6.13. The Kier molecular flexibility index (Phi) is 8.75. The zero-order valence-corrected chi connectivity index (χ0v) is 10.8. The molecule has 0 aromatic heterocycles. The van der Waals surface area contributed by atoms with Crippen LogP contribution in [0.5, 0.6) is 0 Å². The van der Waals surface area contributed by atoms with Crippen molar-refractivity contribution in [2.75, 3.05) is 13.1 Å². The van der Waals surface area contributed by atoms with E-state index in [-0.39, 0.29) is 5.38 Å². The standard InChI is InChI=1S/C11H21Cl2N/c1-4-10(5-2)11(13)8-14-7-9(3)6-12/h6,10-11,14H,4-5,7-8H2,1-3H3. The minimum atomic E-state index is 0.230. The third-order valence-electron chi connectivity index (χ3n) is 2.49. The highest BCUT2D eigenvalue weighted by Crippen LogP contribution is 2.17. The van der Waals surface area contributed by atoms with E-state index in [1.807, 2.05) is 6.92 Å². The molecule has 14 heavy (non-hydrogen) atoms. The third-order valence-corrected chi connectivity index (χ3v) is 3.37. The molecule has 0 bridgehead atoms. The molecule has 0 aliphatic rings. The Balaban J connectivity index is 3.67. The third kappa shape index (κ3) is 5.90. The summed E-state index contributed by atoms with van der Waals surface area (Å²) in [7, 11) is 0. The van der Waals surface area contributed by atoms with E-state index in [2.05, 4.69) is 19.2 Å². The summed E-state index contributed by atoms with van der Waals surface area (Å²) in [5, 5.41) is 3.53. The van der Waals surface area contributed by atoms with Crippen LogP contribution in [0.25, 0.3) is 0 Å². The molecule has 0 amide bonds. The van der Waals surface area contributed by atoms with Crippen molar-refractivity contribution in [3.63, 3.8) is 0 Å². The van der Waals surface area contributed by atoms with Gasteiger partial charge in [-0.25, -0.2) is 0 Å². The van der Waals surface area contributed by atoms with Crippen LogP contribution >= 0.6 is 23.2 Å². The maximum atomic E-state index is 6.26. The molecule has 0 rings (SSSR count). The van der Waals surface area contributed by atoms with E-state index < -0.39 is 0 Å². The molecule has 84 valence electrons. The summed E-state index contributed by atoms with van der Waals surface area (Å²) in [5.74, 6) is 0.615. The molecule has 0 spiro atoms. The van der Waals surface area contributed by atoms with E-state index in [1.165, 1.54) is 0 Å². The quantitative estimate of drug-likeness (QED) is 0.666. The van der Waals surface area contributed by atoms with E-state index in [9.17, 15) is 0 Å². The Bertz CT molecular complexity index is 165. The molecule has 0 fully saturated rings. The van der Waals surface area contributed by atoms with Crippen molar-refractivity contribution in [1.29, 1.82) is 0 Å². The molecular weight excluding hydrogens is 217 g/mol. The summed E-state index contributed by atoms with van der Waals surface area (Å²) in [5.41, 5.74) is 2.74. The molecular formula is C11H21Cl2N. The first-order valence-electron chi connectivity index (χ1n) is 5.26. The second-order valence-corrected chi connectivity index (χ2v) is 4.46. The van der Waals surface area contributed by atoms with E-state index in [0.29, 0.717) is 5.92 Å². The normalized spacial score (nSPS) is 14.9. The summed E-state index contributed by atoms with van der Waals surface area (Å²) in [6.45, 7) is 8.06. The van der Waals surface area contributed by atoms with Crippen LogP contribution in [-0.4, -0.2) is 18.5 Å². The van der Waals surface area contributed by atoms with Crippen LogP contribution < -0.4 is 5.32 Å². The Morgan fingerprint density at radius 2 is 1.93 bits per heavy atom. The van der Waals surface area contributed by atoms with Gasteiger partial charge in [0.2, 0.25) is 0 Å². The highest BCUT2D eigenvalue weighted by molar-refractivity contribution is 6.25. The molecule has 0 aromatic carbocycles. The lowest BCUT2D eigenvalue weighted by molar-refractivity contribution is 0.450. The maximum absolute atomic E-state index is 6.26. The van der Waals surface area contributed by atoms with Gasteiger partial charge in [-0.1, -0.05) is 38.3 Å². The number of alkyl halides is 1. The van der Waals surface area contributed by atoms with Crippen LogP contribution in [0.3, 0.4) is 0 Å². The lowest BCUT2D eigenvalue weighted by Gasteiger charge is -2.19. The Morgan fingerprint density at radius 3 is 2.36 bits per heavy atom. The molecule has 0 aromatic rings. The topological polar surface area (TPSA) is 12.0 Å². The maximum Gasteiger partial charge on any atom is 0.0488 e. The summed E-state index contributed by atoms with van der Waals surface area (Å²) in [6, 6.07) is 0. The highest BCUT2D eigenvalue weighted by Gasteiger charge is 2.14. The Hall–Kier alpha value is 0.280. The molecule has 1 nitrogen and oxygen atoms in total. The van der Waals surface area contributed by atoms with Gasteiger partial charge in [-0.3, -0.25) is 0 Å². The van der Waals surface area contributed by atoms with Crippen molar-refractivity contribution in [1.82, 2.24) is 5.32 Å². The summed E-state index contributed by atoms with van der Waals surface area (Å²) in [4.78, 5) is 0. The van der Waals surface area contributed by atoms with E-state index >= 15 is 0 Å². The smallest absolute Gasteiger partial charge is 0.0488 e. The van der Waals surface area contributed by atoms with Crippen molar-refractivity contribution >= 4 is 23.2 Å². The monoisotopic (exact) mass is 237 g/mol. The van der Waals surface area contributed by atoms with Crippen molar-refractivity contribution in [3.8, 4) is 0 Å². The fourth-order valence-electron chi connectivity index (χ4n) is 1.41. The fraction of sp³-hybridized carbons (Fsp3) is 0.818. The van der Waals surface area contributed by atoms with Crippen LogP contribution in [0.4, 0.5) is 0 Å². The average Bonchev–Trinajstić information content (AvgIpc) is 2.19. The molecule has 1 N–H and O–H groups in total. The molecule has 0 aliphatic carbocycles. The van der Waals surface area contributed by atoms with Gasteiger partial charge in [0.1, 0.15) is 0 Å². The van der Waals surface area contributed by atoms with Gasteiger partial charge < -0.3 is 5.32 Å². The zero-order chi connectivity index (χ0) is 11.0. The van der Waals surface area contributed by atoms with Crippen LogP contribution in [0.1, 0.15) is 33.6 Å². The molecule has 0 aliphatic heterocycles. The van der Waals surface area contributed by atoms with Gasteiger partial charge in [0.05, 0.1) is 0 Å². The largest absolute Gasteiger partial charge is 0.311 e. The summed E-state index contributed by atoms with van der Waals surface area (Å²) >= 11 is 11.8. The number of nitrogens with one attached hydrogen (secondary N) is 1. The number of halogens is 2. The molecule has 3 heteroatoms. The predicted octanol–water partition coefficient (Wildman–Crippen LogP) is 3.76. The first kappa shape index (κ1) is 14.3. The van der Waals surface area contributed by atoms with Gasteiger partial charge in [-0.15, -0.1) is 11.6 Å². The fourth-order valence-corrected chi connectivity index (χ4v) is 1.96. The Morgan fingerprint density at radius 1 is 1.36 bits per heavy atom. The van der Waals surface area contributed by atoms with Crippen molar-refractivity contribution in [2.24, 2.45) is 5.92 Å². The summed E-state index contributed by atoms with van der Waals surface area (Å²) in [6.07, 6.45) is 2.30. The van der Waals surface area contributed by atoms with Crippen LogP contribution in [-0.2, 0) is 0 Å². The SMILES string of the molecule is CCC(CC)C(Cl)CNCC(C)=CCl. The van der Waals surface area contributed by atoms with Gasteiger partial charge in [0, 0.05) is 24.0 Å². The second kappa shape index (κ2) is 8.58. The predicted molar refractivity (Wildman–Crippen MR) is 66.2 cm³/mol. The second-order valence-electron chi connectivity index (χ2n) is 3.68. The lowest BCUT2D eigenvalue weighted by atomic mass is 9.99. The highest BCUT2D eigenvalue weighted by atomic mass is 35.5. The zero-order valence-electron chi connectivity index (χ0n) is 9.32. The van der Waals surface area contributed by atoms with E-state index in [4.69, 9.17) is 23.2 Å². The van der Waals surface area contributed by atoms with Crippen molar-refractivity contribution < 1.29 is 0 Å². The number of hydrogen-bond acceptors (Lipinski definition) is 1. The van der Waals surface area contributed by atoms with Gasteiger partial charge in [-0.2, -0.15) is 0 Å². The average molecular weight is 238 g/mol. The van der Waals surface area contributed by atoms with Gasteiger partial charge in [0.15, 0.2) is 0 Å². The van der Waals surface area contributed by atoms with E-state index in [1.54, 1.807) is 5.54 Å². The van der Waals surface area contributed by atoms with Crippen LogP contribution in [0.15, 0.2) is 11.1 Å². The van der Waals surface area contributed by atoms with Crippen LogP contribution in [0.2, 0.25) is 0 Å². The molecule has 0 heterocycles. The number of hydrogen-bond donors (Lipinski definition) is 1. The van der Waals surface area contributed by atoms with Gasteiger partial charge in [0.25, 0.3) is 0 Å². The van der Waals surface area contributed by atoms with Crippen LogP contribution in [0, 0.1) is 5.92 Å². The van der Waals surface area contributed by atoms with Crippen molar-refractivity contribution in [3.05, 3.63) is 11.1 Å². The molecule has 0 radical (unpaired) electrons. The summed E-state index contributed by atoms with van der Waals surface area (Å²) < 4.78 is 0. The lowest BCUT2D eigenvalue weighted by Crippen LogP contribution is -2.29.